The van der Waals surface area contributed by atoms with E-state index in [1.54, 1.807) is 0 Å². The zero-order valence-electron chi connectivity index (χ0n) is 6.48. The van der Waals surface area contributed by atoms with E-state index in [4.69, 9.17) is 0 Å². The summed E-state index contributed by atoms with van der Waals surface area (Å²) in [5, 5.41) is 0. The van der Waals surface area contributed by atoms with Crippen molar-refractivity contribution in [2.45, 2.75) is 0 Å². The van der Waals surface area contributed by atoms with Gasteiger partial charge in [0.2, 0.25) is 0 Å². The van der Waals surface area contributed by atoms with Crippen molar-refractivity contribution in [3.8, 4) is 0 Å². The summed E-state index contributed by atoms with van der Waals surface area (Å²) in [6.45, 7) is 3.15. The molecule has 1 rings (SSSR count). The van der Waals surface area contributed by atoms with Crippen molar-refractivity contribution in [3.05, 3.63) is 46.5 Å². The van der Waals surface area contributed by atoms with E-state index in [1.165, 1.54) is 0 Å². The number of allylic oxidation sites excluding steroid dienone is 1. The van der Waals surface area contributed by atoms with E-state index in [0.29, 0.717) is 0 Å². The topological polar surface area (TPSA) is 17.1 Å². The first-order valence-electron chi connectivity index (χ1n) is 3.37. The van der Waals surface area contributed by atoms with Gasteiger partial charge in [0.25, 0.3) is 0 Å². The molecule has 1 aromatic carbocycles. The highest BCUT2D eigenvalue weighted by molar-refractivity contribution is 9.10. The lowest BCUT2D eigenvalue weighted by atomic mass is 10.1. The molecule has 0 saturated carbocycles. The number of carbonyl (C=O) groups excluding carboxylic acids is 1. The summed E-state index contributed by atoms with van der Waals surface area (Å²) in [6.07, 6.45) is 0.870. The number of hydrogen-bond acceptors (Lipinski definition) is 1. The number of halogens is 3. The van der Waals surface area contributed by atoms with E-state index in [-0.39, 0.29) is 4.47 Å². The van der Waals surface area contributed by atoms with Crippen molar-refractivity contribution in [3.63, 3.8) is 0 Å². The van der Waals surface area contributed by atoms with Crippen LogP contribution in [-0.2, 0) is 0 Å². The highest BCUT2D eigenvalue weighted by Crippen LogP contribution is 2.19. The Hall–Kier alpha value is -1.03. The maximum Gasteiger partial charge on any atom is 0.191 e. The molecule has 0 unspecified atom stereocenters. The van der Waals surface area contributed by atoms with E-state index < -0.39 is 23.0 Å². The van der Waals surface area contributed by atoms with Gasteiger partial charge in [-0.1, -0.05) is 22.5 Å². The summed E-state index contributed by atoms with van der Waals surface area (Å²) < 4.78 is 26.3. The third-order valence-corrected chi connectivity index (χ3v) is 1.90. The number of rotatable bonds is 2. The average Bonchev–Trinajstić information content (AvgIpc) is 2.02. The molecule has 0 radical (unpaired) electrons. The van der Waals surface area contributed by atoms with Crippen LogP contribution in [0, 0.1) is 11.6 Å². The molecule has 0 aliphatic heterocycles. The van der Waals surface area contributed by atoms with Crippen LogP contribution in [0.15, 0.2) is 29.3 Å². The molecule has 0 fully saturated rings. The Morgan fingerprint density at radius 3 is 2.23 bits per heavy atom. The van der Waals surface area contributed by atoms with Gasteiger partial charge in [0.1, 0.15) is 11.6 Å². The molecule has 1 aromatic rings. The van der Waals surface area contributed by atoms with Crippen molar-refractivity contribution < 1.29 is 13.6 Å². The first-order chi connectivity index (χ1) is 6.06. The standard InChI is InChI=1S/C9H5BrF2O/c1-2-8(13)9-6(11)3-5(10)4-7(9)12/h2-4H,1H2. The van der Waals surface area contributed by atoms with Gasteiger partial charge in [-0.2, -0.15) is 0 Å². The van der Waals surface area contributed by atoms with Crippen LogP contribution in [0.3, 0.4) is 0 Å². The smallest absolute Gasteiger partial charge is 0.191 e. The lowest BCUT2D eigenvalue weighted by molar-refractivity contribution is 0.103. The number of hydrogen-bond donors (Lipinski definition) is 0. The summed E-state index contributed by atoms with van der Waals surface area (Å²) in [4.78, 5) is 11.0. The zero-order valence-corrected chi connectivity index (χ0v) is 8.07. The van der Waals surface area contributed by atoms with E-state index in [2.05, 4.69) is 22.5 Å². The Morgan fingerprint density at radius 2 is 1.85 bits per heavy atom. The van der Waals surface area contributed by atoms with E-state index in [1.807, 2.05) is 0 Å². The molecule has 68 valence electrons. The molecule has 1 nitrogen and oxygen atoms in total. The molecular weight excluding hydrogens is 242 g/mol. The van der Waals surface area contributed by atoms with Crippen molar-refractivity contribution in [2.24, 2.45) is 0 Å². The fourth-order valence-electron chi connectivity index (χ4n) is 0.880. The summed E-state index contributed by atoms with van der Waals surface area (Å²) in [5.41, 5.74) is -0.571. The van der Waals surface area contributed by atoms with Gasteiger partial charge in [-0.05, 0) is 18.2 Å². The molecule has 0 saturated heterocycles. The summed E-state index contributed by atoms with van der Waals surface area (Å²) in [6, 6.07) is 2.06. The van der Waals surface area contributed by atoms with Gasteiger partial charge in [0.15, 0.2) is 5.78 Å². The SMILES string of the molecule is C=CC(=O)c1c(F)cc(Br)cc1F. The fraction of sp³-hybridized carbons (Fsp3) is 0. The summed E-state index contributed by atoms with van der Waals surface area (Å²) in [7, 11) is 0. The molecule has 0 aliphatic rings. The minimum absolute atomic E-state index is 0.253. The zero-order chi connectivity index (χ0) is 10.0. The quantitative estimate of drug-likeness (QED) is 0.579. The molecule has 0 spiro atoms. The Morgan fingerprint density at radius 1 is 1.38 bits per heavy atom. The predicted octanol–water partition coefficient (Wildman–Crippen LogP) is 3.10. The van der Waals surface area contributed by atoms with Gasteiger partial charge in [0.05, 0.1) is 5.56 Å². The van der Waals surface area contributed by atoms with Crippen molar-refractivity contribution in [2.75, 3.05) is 0 Å². The van der Waals surface area contributed by atoms with Crippen LogP contribution in [0.2, 0.25) is 0 Å². The van der Waals surface area contributed by atoms with Gasteiger partial charge >= 0.3 is 0 Å². The molecule has 0 bridgehead atoms. The van der Waals surface area contributed by atoms with Crippen LogP contribution >= 0.6 is 15.9 Å². The number of carbonyl (C=O) groups is 1. The third kappa shape index (κ3) is 2.01. The maximum absolute atomic E-state index is 13.0. The second-order valence-electron chi connectivity index (χ2n) is 2.31. The second-order valence-corrected chi connectivity index (χ2v) is 3.23. The maximum atomic E-state index is 13.0. The van der Waals surface area contributed by atoms with Gasteiger partial charge in [-0.15, -0.1) is 0 Å². The lowest BCUT2D eigenvalue weighted by Gasteiger charge is -2.00. The van der Waals surface area contributed by atoms with Gasteiger partial charge in [-0.25, -0.2) is 8.78 Å². The van der Waals surface area contributed by atoms with Crippen molar-refractivity contribution in [1.82, 2.24) is 0 Å². The van der Waals surface area contributed by atoms with Crippen LogP contribution in [0.4, 0.5) is 8.78 Å². The van der Waals surface area contributed by atoms with Crippen LogP contribution in [0.25, 0.3) is 0 Å². The van der Waals surface area contributed by atoms with Crippen LogP contribution in [0.1, 0.15) is 10.4 Å². The lowest BCUT2D eigenvalue weighted by Crippen LogP contribution is -2.02. The Kier molecular flexibility index (Phi) is 2.93. The van der Waals surface area contributed by atoms with E-state index >= 15 is 0 Å². The van der Waals surface area contributed by atoms with Gasteiger partial charge in [0, 0.05) is 4.47 Å². The molecule has 0 aliphatic carbocycles. The largest absolute Gasteiger partial charge is 0.289 e. The molecule has 0 atom stereocenters. The average molecular weight is 247 g/mol. The molecule has 0 amide bonds. The first-order valence-corrected chi connectivity index (χ1v) is 4.17. The van der Waals surface area contributed by atoms with E-state index in [9.17, 15) is 13.6 Å². The van der Waals surface area contributed by atoms with Crippen molar-refractivity contribution >= 4 is 21.7 Å². The van der Waals surface area contributed by atoms with E-state index in [0.717, 1.165) is 18.2 Å². The van der Waals surface area contributed by atoms with Crippen LogP contribution in [0.5, 0.6) is 0 Å². The third-order valence-electron chi connectivity index (χ3n) is 1.44. The van der Waals surface area contributed by atoms with Crippen LogP contribution in [-0.4, -0.2) is 5.78 Å². The summed E-state index contributed by atoms with van der Waals surface area (Å²) in [5.74, 6) is -2.55. The molecule has 0 N–H and O–H groups in total. The number of benzene rings is 1. The van der Waals surface area contributed by atoms with Gasteiger partial charge in [-0.3, -0.25) is 4.79 Å². The second kappa shape index (κ2) is 3.79. The Labute approximate surface area is 82.2 Å². The first kappa shape index (κ1) is 10.1. The van der Waals surface area contributed by atoms with Gasteiger partial charge < -0.3 is 0 Å². The monoisotopic (exact) mass is 246 g/mol. The highest BCUT2D eigenvalue weighted by Gasteiger charge is 2.15. The minimum atomic E-state index is -0.892. The Bertz CT molecular complexity index is 351. The van der Waals surface area contributed by atoms with Crippen LogP contribution < -0.4 is 0 Å². The molecule has 4 heteroatoms. The minimum Gasteiger partial charge on any atom is -0.289 e. The predicted molar refractivity (Wildman–Crippen MR) is 48.6 cm³/mol. The normalized spacial score (nSPS) is 9.77. The molecule has 13 heavy (non-hydrogen) atoms. The highest BCUT2D eigenvalue weighted by atomic mass is 79.9. The molecule has 0 aromatic heterocycles. The molecule has 0 heterocycles. The molecular formula is C9H5BrF2O. The fourth-order valence-corrected chi connectivity index (χ4v) is 1.28. The summed E-state index contributed by atoms with van der Waals surface area (Å²) >= 11 is 2.90. The number of ketones is 1. The van der Waals surface area contributed by atoms with Crippen molar-refractivity contribution in [1.29, 1.82) is 0 Å². The Balaban J connectivity index is 3.36.